The minimum absolute atomic E-state index is 0.595. The fourth-order valence-corrected chi connectivity index (χ4v) is 2.34. The monoisotopic (exact) mass is 268 g/mol. The van der Waals surface area contributed by atoms with Gasteiger partial charge in [0.2, 0.25) is 0 Å². The predicted molar refractivity (Wildman–Crippen MR) is 72.7 cm³/mol. The number of nitrogens with zero attached hydrogens (tertiary/aromatic N) is 4. The van der Waals surface area contributed by atoms with Gasteiger partial charge in [0, 0.05) is 39.5 Å². The molecule has 0 aromatic carbocycles. The number of aliphatic hydroxyl groups is 1. The van der Waals surface area contributed by atoms with Gasteiger partial charge in [-0.05, 0) is 12.6 Å². The van der Waals surface area contributed by atoms with Gasteiger partial charge in [0.25, 0.3) is 0 Å². The van der Waals surface area contributed by atoms with Crippen molar-refractivity contribution in [1.29, 1.82) is 0 Å². The zero-order valence-corrected chi connectivity index (χ0v) is 11.8. The van der Waals surface area contributed by atoms with Crippen LogP contribution in [-0.2, 0) is 11.3 Å². The zero-order chi connectivity index (χ0) is 13.7. The quantitative estimate of drug-likeness (QED) is 0.796. The standard InChI is InChI=1S/C13H24N4O2/c1-3-15-6-8-16(9-7-15)13(18)12-4-5-17(14-12)10-11-19-2/h4-5,13,18H,3,6-11H2,1-2H3. The van der Waals surface area contributed by atoms with E-state index < -0.39 is 6.23 Å². The van der Waals surface area contributed by atoms with E-state index in [1.165, 1.54) is 0 Å². The molecule has 1 N–H and O–H groups in total. The van der Waals surface area contributed by atoms with E-state index in [0.717, 1.165) is 38.4 Å². The molecule has 1 aromatic rings. The largest absolute Gasteiger partial charge is 0.383 e. The van der Waals surface area contributed by atoms with Crippen molar-refractivity contribution >= 4 is 0 Å². The van der Waals surface area contributed by atoms with Gasteiger partial charge in [-0.15, -0.1) is 0 Å². The average molecular weight is 268 g/mol. The van der Waals surface area contributed by atoms with Crippen molar-refractivity contribution in [3.05, 3.63) is 18.0 Å². The Balaban J connectivity index is 1.88. The Hall–Kier alpha value is -0.950. The molecule has 1 fully saturated rings. The molecule has 6 heteroatoms. The first kappa shape index (κ1) is 14.5. The number of likely N-dealkylation sites (N-methyl/N-ethyl adjacent to an activating group) is 1. The van der Waals surface area contributed by atoms with Gasteiger partial charge in [-0.1, -0.05) is 6.92 Å². The first-order valence-corrected chi connectivity index (χ1v) is 6.91. The summed E-state index contributed by atoms with van der Waals surface area (Å²) in [4.78, 5) is 4.47. The lowest BCUT2D eigenvalue weighted by molar-refractivity contribution is -0.0294. The van der Waals surface area contributed by atoms with E-state index >= 15 is 0 Å². The third-order valence-corrected chi connectivity index (χ3v) is 3.65. The van der Waals surface area contributed by atoms with Crippen LogP contribution in [0.15, 0.2) is 12.3 Å². The molecule has 0 amide bonds. The maximum atomic E-state index is 10.3. The maximum Gasteiger partial charge on any atom is 0.152 e. The summed E-state index contributed by atoms with van der Waals surface area (Å²) in [6.07, 6.45) is 1.29. The molecule has 2 heterocycles. The van der Waals surface area contributed by atoms with Crippen LogP contribution in [0.4, 0.5) is 0 Å². The highest BCUT2D eigenvalue weighted by atomic mass is 16.5. The molecule has 1 saturated heterocycles. The molecule has 1 aromatic heterocycles. The van der Waals surface area contributed by atoms with Gasteiger partial charge in [-0.2, -0.15) is 5.10 Å². The molecule has 0 bridgehead atoms. The van der Waals surface area contributed by atoms with E-state index in [4.69, 9.17) is 4.74 Å². The molecule has 1 unspecified atom stereocenters. The number of aliphatic hydroxyl groups excluding tert-OH is 1. The number of rotatable bonds is 6. The third kappa shape index (κ3) is 3.76. The summed E-state index contributed by atoms with van der Waals surface area (Å²) in [6.45, 7) is 8.40. The van der Waals surface area contributed by atoms with E-state index in [9.17, 15) is 5.11 Å². The van der Waals surface area contributed by atoms with Crippen molar-refractivity contribution < 1.29 is 9.84 Å². The average Bonchev–Trinajstić information content (AvgIpc) is 2.93. The van der Waals surface area contributed by atoms with Crippen molar-refractivity contribution in [1.82, 2.24) is 19.6 Å². The molecule has 19 heavy (non-hydrogen) atoms. The Labute approximate surface area is 114 Å². The fraction of sp³-hybridized carbons (Fsp3) is 0.769. The van der Waals surface area contributed by atoms with Crippen molar-refractivity contribution in [2.24, 2.45) is 0 Å². The molecule has 0 aliphatic carbocycles. The molecule has 1 atom stereocenters. The summed E-state index contributed by atoms with van der Waals surface area (Å²) in [5.74, 6) is 0. The lowest BCUT2D eigenvalue weighted by Gasteiger charge is -2.36. The van der Waals surface area contributed by atoms with Crippen molar-refractivity contribution in [2.75, 3.05) is 46.4 Å². The summed E-state index contributed by atoms with van der Waals surface area (Å²) in [5.41, 5.74) is 0.723. The van der Waals surface area contributed by atoms with E-state index in [2.05, 4.69) is 21.8 Å². The topological polar surface area (TPSA) is 53.8 Å². The molecule has 2 rings (SSSR count). The minimum Gasteiger partial charge on any atom is -0.383 e. The van der Waals surface area contributed by atoms with Crippen molar-refractivity contribution in [2.45, 2.75) is 19.7 Å². The lowest BCUT2D eigenvalue weighted by atomic mass is 10.2. The number of aromatic nitrogens is 2. The van der Waals surface area contributed by atoms with E-state index in [0.29, 0.717) is 13.2 Å². The van der Waals surface area contributed by atoms with Gasteiger partial charge < -0.3 is 14.7 Å². The molecule has 0 radical (unpaired) electrons. The maximum absolute atomic E-state index is 10.3. The summed E-state index contributed by atoms with van der Waals surface area (Å²) < 4.78 is 6.83. The number of methoxy groups -OCH3 is 1. The molecule has 0 saturated carbocycles. The van der Waals surface area contributed by atoms with E-state index in [1.807, 2.05) is 16.9 Å². The first-order chi connectivity index (χ1) is 9.24. The van der Waals surface area contributed by atoms with Crippen LogP contribution in [0.3, 0.4) is 0 Å². The summed E-state index contributed by atoms with van der Waals surface area (Å²) in [5, 5.41) is 14.7. The fourth-order valence-electron chi connectivity index (χ4n) is 2.34. The van der Waals surface area contributed by atoms with Crippen LogP contribution in [0, 0.1) is 0 Å². The summed E-state index contributed by atoms with van der Waals surface area (Å²) >= 11 is 0. The second-order valence-corrected chi connectivity index (χ2v) is 4.84. The zero-order valence-electron chi connectivity index (χ0n) is 11.8. The number of piperazine rings is 1. The Morgan fingerprint density at radius 1 is 1.37 bits per heavy atom. The first-order valence-electron chi connectivity index (χ1n) is 6.91. The number of hydrogen-bond donors (Lipinski definition) is 1. The Bertz CT molecular complexity index is 374. The highest BCUT2D eigenvalue weighted by molar-refractivity contribution is 5.03. The van der Waals surface area contributed by atoms with E-state index in [1.54, 1.807) is 7.11 Å². The number of hydrogen-bond acceptors (Lipinski definition) is 5. The van der Waals surface area contributed by atoms with Gasteiger partial charge in [-0.25, -0.2) is 0 Å². The Kier molecular flexibility index (Phi) is 5.33. The van der Waals surface area contributed by atoms with Crippen molar-refractivity contribution in [3.63, 3.8) is 0 Å². The predicted octanol–water partition coefficient (Wildman–Crippen LogP) is 0.158. The second kappa shape index (κ2) is 7.00. The minimum atomic E-state index is -0.595. The van der Waals surface area contributed by atoms with Gasteiger partial charge >= 0.3 is 0 Å². The Morgan fingerprint density at radius 2 is 2.11 bits per heavy atom. The SMILES string of the molecule is CCN1CCN(C(O)c2ccn(CCOC)n2)CC1. The van der Waals surface area contributed by atoms with Gasteiger partial charge in [-0.3, -0.25) is 9.58 Å². The lowest BCUT2D eigenvalue weighted by Crippen LogP contribution is -2.47. The molecule has 1 aliphatic heterocycles. The van der Waals surface area contributed by atoms with Crippen LogP contribution in [0.5, 0.6) is 0 Å². The highest BCUT2D eigenvalue weighted by Crippen LogP contribution is 2.17. The van der Waals surface area contributed by atoms with Crippen LogP contribution in [0.25, 0.3) is 0 Å². The van der Waals surface area contributed by atoms with Crippen LogP contribution in [0.1, 0.15) is 18.8 Å². The molecule has 1 aliphatic rings. The second-order valence-electron chi connectivity index (χ2n) is 4.84. The van der Waals surface area contributed by atoms with Crippen LogP contribution in [-0.4, -0.2) is 71.1 Å². The summed E-state index contributed by atoms with van der Waals surface area (Å²) in [7, 11) is 1.67. The third-order valence-electron chi connectivity index (χ3n) is 3.65. The number of ether oxygens (including phenoxy) is 1. The van der Waals surface area contributed by atoms with Crippen LogP contribution < -0.4 is 0 Å². The molecular weight excluding hydrogens is 244 g/mol. The summed E-state index contributed by atoms with van der Waals surface area (Å²) in [6, 6.07) is 1.88. The molecule has 108 valence electrons. The van der Waals surface area contributed by atoms with Crippen LogP contribution in [0.2, 0.25) is 0 Å². The van der Waals surface area contributed by atoms with Gasteiger partial charge in [0.05, 0.1) is 13.2 Å². The molecule has 0 spiro atoms. The van der Waals surface area contributed by atoms with E-state index in [-0.39, 0.29) is 0 Å². The molecular formula is C13H24N4O2. The highest BCUT2D eigenvalue weighted by Gasteiger charge is 2.24. The van der Waals surface area contributed by atoms with Gasteiger partial charge in [0.1, 0.15) is 5.69 Å². The van der Waals surface area contributed by atoms with Crippen LogP contribution >= 0.6 is 0 Å². The smallest absolute Gasteiger partial charge is 0.152 e. The van der Waals surface area contributed by atoms with Gasteiger partial charge in [0.15, 0.2) is 6.23 Å². The Morgan fingerprint density at radius 3 is 2.74 bits per heavy atom. The molecule has 6 nitrogen and oxygen atoms in total. The normalized spacial score (nSPS) is 19.7. The van der Waals surface area contributed by atoms with Crippen molar-refractivity contribution in [3.8, 4) is 0 Å².